The summed E-state index contributed by atoms with van der Waals surface area (Å²) in [5.41, 5.74) is 1.27. The molecule has 2 aromatic rings. The second-order valence-corrected chi connectivity index (χ2v) is 8.88. The third-order valence-corrected chi connectivity index (χ3v) is 5.53. The van der Waals surface area contributed by atoms with Crippen molar-refractivity contribution in [3.05, 3.63) is 65.7 Å². The van der Waals surface area contributed by atoms with Crippen LogP contribution < -0.4 is 15.4 Å². The lowest BCUT2D eigenvalue weighted by molar-refractivity contribution is 0.491. The van der Waals surface area contributed by atoms with Gasteiger partial charge in [0.2, 0.25) is 10.0 Å². The summed E-state index contributed by atoms with van der Waals surface area (Å²) in [6.07, 6.45) is 0. The van der Waals surface area contributed by atoms with Gasteiger partial charge in [0.05, 0.1) is 4.90 Å². The van der Waals surface area contributed by atoms with Crippen LogP contribution in [0.5, 0.6) is 0 Å². The average Bonchev–Trinajstić information content (AvgIpc) is 2.61. The van der Waals surface area contributed by atoms with E-state index in [1.807, 2.05) is 57.2 Å². The van der Waals surface area contributed by atoms with Gasteiger partial charge in [-0.1, -0.05) is 48.5 Å². The van der Waals surface area contributed by atoms with Gasteiger partial charge in [0, 0.05) is 25.7 Å². The van der Waals surface area contributed by atoms with Crippen LogP contribution in [-0.4, -0.2) is 27.0 Å². The molecule has 6 nitrogen and oxygen atoms in total. The van der Waals surface area contributed by atoms with E-state index in [-0.39, 0.29) is 28.9 Å². The number of benzene rings is 2. The molecule has 0 atom stereocenters. The van der Waals surface area contributed by atoms with E-state index in [2.05, 4.69) is 20.3 Å². The van der Waals surface area contributed by atoms with Gasteiger partial charge in [-0.25, -0.2) is 13.1 Å². The number of nitrogens with zero attached hydrogens (tertiary/aromatic N) is 1. The standard InChI is InChI=1S/C20H28N4O2S.HI/c1-20(2,3)24-27(25,26)18-13-9-8-12-17(18)15-23-19(21-4)22-14-16-10-6-5-7-11-16;/h5-13,24H,14-15H2,1-4H3,(H2,21,22,23);1H. The third kappa shape index (κ3) is 7.76. The first-order valence-corrected chi connectivity index (χ1v) is 10.3. The summed E-state index contributed by atoms with van der Waals surface area (Å²) >= 11 is 0. The van der Waals surface area contributed by atoms with Crippen LogP contribution in [0.1, 0.15) is 31.9 Å². The van der Waals surface area contributed by atoms with Crippen molar-refractivity contribution >= 4 is 40.0 Å². The van der Waals surface area contributed by atoms with Gasteiger partial charge in [-0.2, -0.15) is 0 Å². The Balaban J connectivity index is 0.00000392. The maximum Gasteiger partial charge on any atom is 0.241 e. The summed E-state index contributed by atoms with van der Waals surface area (Å²) in [5, 5.41) is 6.40. The maximum atomic E-state index is 12.7. The molecule has 0 fully saturated rings. The second-order valence-electron chi connectivity index (χ2n) is 7.23. The Morgan fingerprint density at radius 2 is 1.50 bits per heavy atom. The van der Waals surface area contributed by atoms with E-state index < -0.39 is 15.6 Å². The molecule has 0 bridgehead atoms. The highest BCUT2D eigenvalue weighted by molar-refractivity contribution is 14.0. The Labute approximate surface area is 185 Å². The molecule has 0 aliphatic rings. The van der Waals surface area contributed by atoms with Crippen LogP contribution in [0.2, 0.25) is 0 Å². The smallest absolute Gasteiger partial charge is 0.241 e. The molecular formula is C20H29IN4O2S. The third-order valence-electron chi connectivity index (χ3n) is 3.68. The first-order valence-electron chi connectivity index (χ1n) is 8.81. The quantitative estimate of drug-likeness (QED) is 0.313. The number of hydrogen-bond donors (Lipinski definition) is 3. The highest BCUT2D eigenvalue weighted by atomic mass is 127. The minimum Gasteiger partial charge on any atom is -0.352 e. The normalized spacial score (nSPS) is 12.2. The molecule has 2 aromatic carbocycles. The lowest BCUT2D eigenvalue weighted by atomic mass is 10.1. The molecule has 0 aliphatic heterocycles. The summed E-state index contributed by atoms with van der Waals surface area (Å²) in [7, 11) is -1.92. The molecule has 2 rings (SSSR count). The van der Waals surface area contributed by atoms with Gasteiger partial charge in [-0.15, -0.1) is 24.0 Å². The van der Waals surface area contributed by atoms with Crippen LogP contribution in [0.4, 0.5) is 0 Å². The zero-order valence-electron chi connectivity index (χ0n) is 16.7. The van der Waals surface area contributed by atoms with Crippen LogP contribution >= 0.6 is 24.0 Å². The molecule has 28 heavy (non-hydrogen) atoms. The van der Waals surface area contributed by atoms with E-state index >= 15 is 0 Å². The van der Waals surface area contributed by atoms with Crippen LogP contribution in [-0.2, 0) is 23.1 Å². The van der Waals surface area contributed by atoms with Gasteiger partial charge in [-0.3, -0.25) is 4.99 Å². The lowest BCUT2D eigenvalue weighted by Crippen LogP contribution is -2.41. The molecule has 8 heteroatoms. The minimum atomic E-state index is -3.61. The van der Waals surface area contributed by atoms with E-state index in [1.165, 1.54) is 0 Å². The van der Waals surface area contributed by atoms with Gasteiger partial charge in [-0.05, 0) is 38.0 Å². The van der Waals surface area contributed by atoms with Crippen LogP contribution in [0, 0.1) is 0 Å². The van der Waals surface area contributed by atoms with E-state index in [1.54, 1.807) is 25.2 Å². The van der Waals surface area contributed by atoms with Crippen molar-refractivity contribution in [3.8, 4) is 0 Å². The zero-order chi connectivity index (χ0) is 19.9. The molecule has 0 radical (unpaired) electrons. The molecule has 0 heterocycles. The summed E-state index contributed by atoms with van der Waals surface area (Å²) in [6, 6.07) is 17.0. The van der Waals surface area contributed by atoms with Gasteiger partial charge >= 0.3 is 0 Å². The molecule has 0 saturated heterocycles. The van der Waals surface area contributed by atoms with Crippen LogP contribution in [0.3, 0.4) is 0 Å². The molecule has 0 spiro atoms. The number of sulfonamides is 1. The van der Waals surface area contributed by atoms with Gasteiger partial charge in [0.25, 0.3) is 0 Å². The van der Waals surface area contributed by atoms with Crippen molar-refractivity contribution in [1.29, 1.82) is 0 Å². The maximum absolute atomic E-state index is 12.7. The number of halogens is 1. The number of nitrogens with one attached hydrogen (secondary N) is 3. The fourth-order valence-electron chi connectivity index (χ4n) is 2.55. The number of hydrogen-bond acceptors (Lipinski definition) is 3. The fraction of sp³-hybridized carbons (Fsp3) is 0.350. The number of aliphatic imine (C=N–C) groups is 1. The largest absolute Gasteiger partial charge is 0.352 e. The Kier molecular flexibility index (Phi) is 9.38. The summed E-state index contributed by atoms with van der Waals surface area (Å²) in [6.45, 7) is 6.43. The molecule has 0 amide bonds. The fourth-order valence-corrected chi connectivity index (χ4v) is 4.21. The van der Waals surface area contributed by atoms with Crippen molar-refractivity contribution in [2.24, 2.45) is 4.99 Å². The molecule has 0 saturated carbocycles. The monoisotopic (exact) mass is 516 g/mol. The lowest BCUT2D eigenvalue weighted by Gasteiger charge is -2.22. The Hall–Kier alpha value is -1.65. The van der Waals surface area contributed by atoms with Crippen molar-refractivity contribution in [1.82, 2.24) is 15.4 Å². The summed E-state index contributed by atoms with van der Waals surface area (Å²) in [4.78, 5) is 4.47. The Morgan fingerprint density at radius 3 is 2.11 bits per heavy atom. The first kappa shape index (κ1) is 24.4. The molecule has 0 unspecified atom stereocenters. The minimum absolute atomic E-state index is 0. The van der Waals surface area contributed by atoms with E-state index in [0.717, 1.165) is 5.56 Å². The van der Waals surface area contributed by atoms with Gasteiger partial charge in [0.15, 0.2) is 5.96 Å². The van der Waals surface area contributed by atoms with Gasteiger partial charge < -0.3 is 10.6 Å². The number of rotatable bonds is 6. The van der Waals surface area contributed by atoms with Crippen molar-refractivity contribution in [3.63, 3.8) is 0 Å². The van der Waals surface area contributed by atoms with Crippen molar-refractivity contribution in [2.75, 3.05) is 7.05 Å². The van der Waals surface area contributed by atoms with E-state index in [9.17, 15) is 8.42 Å². The topological polar surface area (TPSA) is 82.6 Å². The van der Waals surface area contributed by atoms with Crippen molar-refractivity contribution < 1.29 is 8.42 Å². The SMILES string of the molecule is CN=C(NCc1ccccc1)NCc1ccccc1S(=O)(=O)NC(C)(C)C.I. The summed E-state index contributed by atoms with van der Waals surface area (Å²) in [5.74, 6) is 0.606. The number of guanidine groups is 1. The average molecular weight is 516 g/mol. The van der Waals surface area contributed by atoms with Crippen LogP contribution in [0.25, 0.3) is 0 Å². The molecule has 154 valence electrons. The molecule has 3 N–H and O–H groups in total. The zero-order valence-corrected chi connectivity index (χ0v) is 19.8. The second kappa shape index (κ2) is 10.8. The first-order chi connectivity index (χ1) is 12.7. The molecular weight excluding hydrogens is 487 g/mol. The predicted octanol–water partition coefficient (Wildman–Crippen LogP) is 3.25. The van der Waals surface area contributed by atoms with Gasteiger partial charge in [0.1, 0.15) is 0 Å². The molecule has 0 aliphatic carbocycles. The Bertz CT molecular complexity index is 879. The highest BCUT2D eigenvalue weighted by Gasteiger charge is 2.24. The van der Waals surface area contributed by atoms with E-state index in [4.69, 9.17) is 0 Å². The predicted molar refractivity (Wildman–Crippen MR) is 125 cm³/mol. The summed E-state index contributed by atoms with van der Waals surface area (Å²) < 4.78 is 28.1. The van der Waals surface area contributed by atoms with Crippen LogP contribution in [0.15, 0.2) is 64.5 Å². The van der Waals surface area contributed by atoms with E-state index in [0.29, 0.717) is 24.6 Å². The Morgan fingerprint density at radius 1 is 0.929 bits per heavy atom. The van der Waals surface area contributed by atoms with Crippen molar-refractivity contribution in [2.45, 2.75) is 44.3 Å². The molecule has 0 aromatic heterocycles. The highest BCUT2D eigenvalue weighted by Crippen LogP contribution is 2.17.